The number of alkyl carbamates (subject to hydrolysis) is 1. The Bertz CT molecular complexity index is 190. The van der Waals surface area contributed by atoms with Gasteiger partial charge in [-0.3, -0.25) is 0 Å². The van der Waals surface area contributed by atoms with Crippen LogP contribution in [0.1, 0.15) is 40.0 Å². The molecule has 3 heteroatoms. The van der Waals surface area contributed by atoms with Gasteiger partial charge >= 0.3 is 6.09 Å². The van der Waals surface area contributed by atoms with Crippen LogP contribution in [-0.2, 0) is 4.74 Å². The number of carbonyl (C=O) groups is 1. The highest BCUT2D eigenvalue weighted by Gasteiger charge is 2.02. The molecule has 1 amide bonds. The standard InChI is InChI=1S/C12H23NO2/c1-4-6-7-8-11(3)9-10-13-12(14)15-5-2/h6-7,11H,4-5,8-10H2,1-3H3,(H,13,14)/b7-6-. The molecule has 0 aromatic rings. The maximum atomic E-state index is 10.9. The minimum absolute atomic E-state index is 0.311. The molecule has 88 valence electrons. The Hall–Kier alpha value is -0.990. The molecule has 3 nitrogen and oxygen atoms in total. The number of hydrogen-bond acceptors (Lipinski definition) is 2. The van der Waals surface area contributed by atoms with Gasteiger partial charge in [-0.25, -0.2) is 4.79 Å². The average Bonchev–Trinajstić information content (AvgIpc) is 2.18. The molecule has 0 radical (unpaired) electrons. The number of rotatable bonds is 7. The van der Waals surface area contributed by atoms with Crippen LogP contribution in [0, 0.1) is 5.92 Å². The second-order valence-electron chi connectivity index (χ2n) is 3.66. The molecule has 15 heavy (non-hydrogen) atoms. The van der Waals surface area contributed by atoms with E-state index in [1.807, 2.05) is 0 Å². The largest absolute Gasteiger partial charge is 0.450 e. The Labute approximate surface area is 92.9 Å². The number of allylic oxidation sites excluding steroid dienone is 2. The van der Waals surface area contributed by atoms with Crippen molar-refractivity contribution >= 4 is 6.09 Å². The summed E-state index contributed by atoms with van der Waals surface area (Å²) in [6.45, 7) is 7.24. The molecule has 0 aromatic carbocycles. The molecule has 0 aromatic heterocycles. The summed E-state index contributed by atoms with van der Waals surface area (Å²) in [7, 11) is 0. The number of hydrogen-bond donors (Lipinski definition) is 1. The third-order valence-corrected chi connectivity index (χ3v) is 2.12. The molecule has 0 saturated heterocycles. The molecule has 0 fully saturated rings. The van der Waals surface area contributed by atoms with Gasteiger partial charge in [-0.05, 0) is 32.1 Å². The lowest BCUT2D eigenvalue weighted by Crippen LogP contribution is -2.26. The van der Waals surface area contributed by atoms with Gasteiger partial charge in [-0.2, -0.15) is 0 Å². The summed E-state index contributed by atoms with van der Waals surface area (Å²) in [5.74, 6) is 0.606. The van der Waals surface area contributed by atoms with Crippen LogP contribution in [0.2, 0.25) is 0 Å². The first-order chi connectivity index (χ1) is 7.20. The van der Waals surface area contributed by atoms with Crippen molar-refractivity contribution in [2.75, 3.05) is 13.2 Å². The Morgan fingerprint density at radius 2 is 2.13 bits per heavy atom. The summed E-state index contributed by atoms with van der Waals surface area (Å²) in [5.41, 5.74) is 0. The lowest BCUT2D eigenvalue weighted by Gasteiger charge is -2.09. The molecule has 0 aliphatic rings. The van der Waals surface area contributed by atoms with E-state index in [-0.39, 0.29) is 6.09 Å². The van der Waals surface area contributed by atoms with E-state index in [4.69, 9.17) is 4.74 Å². The second kappa shape index (κ2) is 9.56. The van der Waals surface area contributed by atoms with Gasteiger partial charge in [-0.1, -0.05) is 26.0 Å². The summed E-state index contributed by atoms with van der Waals surface area (Å²) in [4.78, 5) is 10.9. The van der Waals surface area contributed by atoms with Crippen molar-refractivity contribution in [3.8, 4) is 0 Å². The smallest absolute Gasteiger partial charge is 0.407 e. The highest BCUT2D eigenvalue weighted by molar-refractivity contribution is 5.66. The summed E-state index contributed by atoms with van der Waals surface area (Å²) >= 11 is 0. The predicted octanol–water partition coefficient (Wildman–Crippen LogP) is 3.12. The van der Waals surface area contributed by atoms with Gasteiger partial charge in [0.1, 0.15) is 0 Å². The quantitative estimate of drug-likeness (QED) is 0.660. The molecule has 0 aliphatic carbocycles. The average molecular weight is 213 g/mol. The SMILES string of the molecule is CC/C=C\CC(C)CCNC(=O)OCC. The molecule has 1 unspecified atom stereocenters. The third-order valence-electron chi connectivity index (χ3n) is 2.12. The topological polar surface area (TPSA) is 38.3 Å². The van der Waals surface area contributed by atoms with Crippen molar-refractivity contribution in [2.24, 2.45) is 5.92 Å². The molecule has 0 heterocycles. The van der Waals surface area contributed by atoms with E-state index >= 15 is 0 Å². The fourth-order valence-electron chi connectivity index (χ4n) is 1.22. The Morgan fingerprint density at radius 1 is 1.40 bits per heavy atom. The van der Waals surface area contributed by atoms with Gasteiger partial charge in [0.05, 0.1) is 6.61 Å². The molecule has 0 bridgehead atoms. The van der Waals surface area contributed by atoms with Crippen molar-refractivity contribution in [1.82, 2.24) is 5.32 Å². The van der Waals surface area contributed by atoms with Crippen molar-refractivity contribution in [3.05, 3.63) is 12.2 Å². The molecule has 1 atom stereocenters. The van der Waals surface area contributed by atoms with E-state index in [0.29, 0.717) is 19.1 Å². The van der Waals surface area contributed by atoms with E-state index in [0.717, 1.165) is 19.3 Å². The van der Waals surface area contributed by atoms with Crippen LogP contribution in [0.25, 0.3) is 0 Å². The first kappa shape index (κ1) is 14.0. The van der Waals surface area contributed by atoms with Crippen LogP contribution in [0.15, 0.2) is 12.2 Å². The Kier molecular flexibility index (Phi) is 8.93. The zero-order chi connectivity index (χ0) is 11.5. The minimum Gasteiger partial charge on any atom is -0.450 e. The van der Waals surface area contributed by atoms with Gasteiger partial charge < -0.3 is 10.1 Å². The summed E-state index contributed by atoms with van der Waals surface area (Å²) in [6, 6.07) is 0. The normalized spacial score (nSPS) is 12.7. The van der Waals surface area contributed by atoms with Crippen molar-refractivity contribution < 1.29 is 9.53 Å². The van der Waals surface area contributed by atoms with Crippen LogP contribution in [-0.4, -0.2) is 19.2 Å². The van der Waals surface area contributed by atoms with E-state index in [9.17, 15) is 4.79 Å². The zero-order valence-electron chi connectivity index (χ0n) is 10.1. The zero-order valence-corrected chi connectivity index (χ0v) is 10.1. The number of nitrogens with one attached hydrogen (secondary N) is 1. The molecule has 1 N–H and O–H groups in total. The van der Waals surface area contributed by atoms with Gasteiger partial charge in [0, 0.05) is 6.54 Å². The maximum Gasteiger partial charge on any atom is 0.407 e. The molecular weight excluding hydrogens is 190 g/mol. The number of carbonyl (C=O) groups excluding carboxylic acids is 1. The molecule has 0 saturated carbocycles. The van der Waals surface area contributed by atoms with Gasteiger partial charge in [-0.15, -0.1) is 0 Å². The molecule has 0 spiro atoms. The molecular formula is C12H23NO2. The highest BCUT2D eigenvalue weighted by atomic mass is 16.5. The van der Waals surface area contributed by atoms with E-state index < -0.39 is 0 Å². The van der Waals surface area contributed by atoms with Crippen LogP contribution in [0.3, 0.4) is 0 Å². The van der Waals surface area contributed by atoms with Gasteiger partial charge in [0.2, 0.25) is 0 Å². The third kappa shape index (κ3) is 9.32. The Morgan fingerprint density at radius 3 is 2.73 bits per heavy atom. The van der Waals surface area contributed by atoms with E-state index in [1.54, 1.807) is 6.92 Å². The van der Waals surface area contributed by atoms with Gasteiger partial charge in [0.15, 0.2) is 0 Å². The fourth-order valence-corrected chi connectivity index (χ4v) is 1.22. The van der Waals surface area contributed by atoms with Crippen molar-refractivity contribution in [3.63, 3.8) is 0 Å². The lowest BCUT2D eigenvalue weighted by molar-refractivity contribution is 0.151. The molecule has 0 rings (SSSR count). The second-order valence-corrected chi connectivity index (χ2v) is 3.66. The van der Waals surface area contributed by atoms with Crippen LogP contribution >= 0.6 is 0 Å². The first-order valence-corrected chi connectivity index (χ1v) is 5.76. The van der Waals surface area contributed by atoms with Crippen LogP contribution in [0.4, 0.5) is 4.79 Å². The summed E-state index contributed by atoms with van der Waals surface area (Å²) < 4.78 is 4.76. The maximum absolute atomic E-state index is 10.9. The first-order valence-electron chi connectivity index (χ1n) is 5.76. The molecule has 0 aliphatic heterocycles. The minimum atomic E-state index is -0.311. The van der Waals surface area contributed by atoms with Gasteiger partial charge in [0.25, 0.3) is 0 Å². The number of amides is 1. The summed E-state index contributed by atoms with van der Waals surface area (Å²) in [5, 5.41) is 2.72. The lowest BCUT2D eigenvalue weighted by atomic mass is 10.0. The Balaban J connectivity index is 3.41. The fraction of sp³-hybridized carbons (Fsp3) is 0.750. The predicted molar refractivity (Wildman–Crippen MR) is 62.9 cm³/mol. The number of ether oxygens (including phenoxy) is 1. The van der Waals surface area contributed by atoms with Crippen molar-refractivity contribution in [1.29, 1.82) is 0 Å². The summed E-state index contributed by atoms with van der Waals surface area (Å²) in [6.07, 6.45) is 7.23. The van der Waals surface area contributed by atoms with Crippen LogP contribution < -0.4 is 5.32 Å². The van der Waals surface area contributed by atoms with E-state index in [2.05, 4.69) is 31.3 Å². The monoisotopic (exact) mass is 213 g/mol. The van der Waals surface area contributed by atoms with Crippen molar-refractivity contribution in [2.45, 2.75) is 40.0 Å². The van der Waals surface area contributed by atoms with Crippen LogP contribution in [0.5, 0.6) is 0 Å². The highest BCUT2D eigenvalue weighted by Crippen LogP contribution is 2.07. The van der Waals surface area contributed by atoms with E-state index in [1.165, 1.54) is 0 Å².